The Balaban J connectivity index is 2.18. The molecule has 132 valence electrons. The van der Waals surface area contributed by atoms with Gasteiger partial charge in [0, 0.05) is 12.1 Å². The summed E-state index contributed by atoms with van der Waals surface area (Å²) in [7, 11) is 0. The summed E-state index contributed by atoms with van der Waals surface area (Å²) in [4.78, 5) is 26.7. The SMILES string of the molecule is C=CCN1C(=O)C(=O)C(=C(O)c2ccc(C)cc2)[C@H]1c1ccc(C)cc1. The molecule has 1 aliphatic rings. The van der Waals surface area contributed by atoms with Gasteiger partial charge in [0.1, 0.15) is 5.76 Å². The van der Waals surface area contributed by atoms with Crippen molar-refractivity contribution in [2.24, 2.45) is 0 Å². The summed E-state index contributed by atoms with van der Waals surface area (Å²) >= 11 is 0. The van der Waals surface area contributed by atoms with Crippen LogP contribution in [0.25, 0.3) is 5.76 Å². The third kappa shape index (κ3) is 3.06. The van der Waals surface area contributed by atoms with Crippen molar-refractivity contribution in [1.29, 1.82) is 0 Å². The van der Waals surface area contributed by atoms with Gasteiger partial charge in [0.15, 0.2) is 0 Å². The Morgan fingerprint density at radius 1 is 1.04 bits per heavy atom. The molecule has 0 unspecified atom stereocenters. The largest absolute Gasteiger partial charge is 0.507 e. The highest BCUT2D eigenvalue weighted by molar-refractivity contribution is 6.46. The molecule has 1 aliphatic heterocycles. The maximum Gasteiger partial charge on any atom is 0.295 e. The van der Waals surface area contributed by atoms with Crippen LogP contribution in [-0.2, 0) is 9.59 Å². The summed E-state index contributed by atoms with van der Waals surface area (Å²) in [5, 5.41) is 10.8. The van der Waals surface area contributed by atoms with Gasteiger partial charge in [-0.05, 0) is 19.4 Å². The molecule has 1 heterocycles. The van der Waals surface area contributed by atoms with E-state index in [1.807, 2.05) is 50.2 Å². The number of benzene rings is 2. The monoisotopic (exact) mass is 347 g/mol. The Hall–Kier alpha value is -3.14. The molecule has 4 heteroatoms. The van der Waals surface area contributed by atoms with E-state index in [4.69, 9.17) is 0 Å². The Labute approximate surface area is 153 Å². The number of hydrogen-bond donors (Lipinski definition) is 1. The number of aryl methyl sites for hydroxylation is 2. The van der Waals surface area contributed by atoms with Gasteiger partial charge in [-0.25, -0.2) is 0 Å². The molecule has 0 spiro atoms. The summed E-state index contributed by atoms with van der Waals surface area (Å²) < 4.78 is 0. The van der Waals surface area contributed by atoms with Gasteiger partial charge in [0.25, 0.3) is 11.7 Å². The van der Waals surface area contributed by atoms with Crippen LogP contribution in [0.3, 0.4) is 0 Å². The van der Waals surface area contributed by atoms with Crippen molar-refractivity contribution in [3.05, 3.63) is 89.0 Å². The van der Waals surface area contributed by atoms with E-state index in [9.17, 15) is 14.7 Å². The van der Waals surface area contributed by atoms with Crippen molar-refractivity contribution in [3.8, 4) is 0 Å². The molecule has 26 heavy (non-hydrogen) atoms. The summed E-state index contributed by atoms with van der Waals surface area (Å²) in [5.74, 6) is -1.44. The smallest absolute Gasteiger partial charge is 0.295 e. The maximum absolute atomic E-state index is 12.7. The molecule has 0 aliphatic carbocycles. The molecule has 1 atom stereocenters. The van der Waals surface area contributed by atoms with Crippen LogP contribution in [0.2, 0.25) is 0 Å². The molecule has 1 saturated heterocycles. The van der Waals surface area contributed by atoms with E-state index in [1.165, 1.54) is 4.90 Å². The second-order valence-corrected chi connectivity index (χ2v) is 6.52. The highest BCUT2D eigenvalue weighted by atomic mass is 16.3. The van der Waals surface area contributed by atoms with Gasteiger partial charge in [0.2, 0.25) is 0 Å². The third-order valence-corrected chi connectivity index (χ3v) is 4.58. The molecule has 1 N–H and O–H groups in total. The van der Waals surface area contributed by atoms with Gasteiger partial charge in [-0.3, -0.25) is 9.59 Å². The minimum atomic E-state index is -0.671. The molecule has 1 fully saturated rings. The molecule has 0 bridgehead atoms. The van der Waals surface area contributed by atoms with Crippen molar-refractivity contribution in [1.82, 2.24) is 4.90 Å². The predicted octanol–water partition coefficient (Wildman–Crippen LogP) is 3.91. The Kier molecular flexibility index (Phi) is 4.76. The third-order valence-electron chi connectivity index (χ3n) is 4.58. The van der Waals surface area contributed by atoms with Crippen molar-refractivity contribution in [3.63, 3.8) is 0 Å². The fourth-order valence-corrected chi connectivity index (χ4v) is 3.17. The average molecular weight is 347 g/mol. The van der Waals surface area contributed by atoms with E-state index in [2.05, 4.69) is 6.58 Å². The van der Waals surface area contributed by atoms with Crippen LogP contribution in [0.4, 0.5) is 0 Å². The van der Waals surface area contributed by atoms with Gasteiger partial charge in [-0.15, -0.1) is 6.58 Å². The maximum atomic E-state index is 12.7. The van der Waals surface area contributed by atoms with Crippen LogP contribution >= 0.6 is 0 Å². The van der Waals surface area contributed by atoms with Crippen LogP contribution in [-0.4, -0.2) is 28.2 Å². The fraction of sp³-hybridized carbons (Fsp3) is 0.182. The molecule has 2 aromatic rings. The second kappa shape index (κ2) is 7.00. The molecular formula is C22H21NO3. The number of hydrogen-bond acceptors (Lipinski definition) is 3. The van der Waals surface area contributed by atoms with E-state index in [0.717, 1.165) is 16.7 Å². The number of nitrogens with zero attached hydrogens (tertiary/aromatic N) is 1. The summed E-state index contributed by atoms with van der Waals surface area (Å²) in [5.41, 5.74) is 3.54. The van der Waals surface area contributed by atoms with E-state index < -0.39 is 17.7 Å². The topological polar surface area (TPSA) is 57.6 Å². The Morgan fingerprint density at radius 2 is 1.58 bits per heavy atom. The molecule has 2 aromatic carbocycles. The Bertz CT molecular complexity index is 892. The van der Waals surface area contributed by atoms with E-state index >= 15 is 0 Å². The van der Waals surface area contributed by atoms with Crippen molar-refractivity contribution in [2.45, 2.75) is 19.9 Å². The van der Waals surface area contributed by atoms with Crippen LogP contribution in [0, 0.1) is 13.8 Å². The highest BCUT2D eigenvalue weighted by Gasteiger charge is 2.45. The number of amides is 1. The van der Waals surface area contributed by atoms with Gasteiger partial charge in [-0.1, -0.05) is 65.7 Å². The summed E-state index contributed by atoms with van der Waals surface area (Å²) in [6.45, 7) is 7.82. The number of rotatable bonds is 4. The van der Waals surface area contributed by atoms with E-state index in [1.54, 1.807) is 18.2 Å². The molecule has 3 rings (SSSR count). The summed E-state index contributed by atoms with van der Waals surface area (Å²) in [6, 6.07) is 14.2. The lowest BCUT2D eigenvalue weighted by Gasteiger charge is -2.24. The van der Waals surface area contributed by atoms with Gasteiger partial charge in [-0.2, -0.15) is 0 Å². The first-order valence-corrected chi connectivity index (χ1v) is 8.47. The van der Waals surface area contributed by atoms with Crippen LogP contribution < -0.4 is 0 Å². The van der Waals surface area contributed by atoms with Gasteiger partial charge < -0.3 is 10.0 Å². The number of ketones is 1. The second-order valence-electron chi connectivity index (χ2n) is 6.52. The van der Waals surface area contributed by atoms with Crippen molar-refractivity contribution >= 4 is 17.4 Å². The number of carbonyl (C=O) groups excluding carboxylic acids is 2. The molecule has 4 nitrogen and oxygen atoms in total. The lowest BCUT2D eigenvalue weighted by molar-refractivity contribution is -0.139. The zero-order valence-corrected chi connectivity index (χ0v) is 14.9. The molecule has 0 radical (unpaired) electrons. The number of aliphatic hydroxyl groups excluding tert-OH is 1. The first-order valence-electron chi connectivity index (χ1n) is 8.47. The molecule has 0 saturated carbocycles. The van der Waals surface area contributed by atoms with E-state index in [0.29, 0.717) is 5.56 Å². The predicted molar refractivity (Wildman–Crippen MR) is 102 cm³/mol. The molecular weight excluding hydrogens is 326 g/mol. The first kappa shape index (κ1) is 17.7. The van der Waals surface area contributed by atoms with Crippen LogP contribution in [0.1, 0.15) is 28.3 Å². The van der Waals surface area contributed by atoms with Crippen LogP contribution in [0.5, 0.6) is 0 Å². The number of likely N-dealkylation sites (tertiary alicyclic amines) is 1. The van der Waals surface area contributed by atoms with Gasteiger partial charge >= 0.3 is 0 Å². The molecule has 1 amide bonds. The van der Waals surface area contributed by atoms with Crippen molar-refractivity contribution < 1.29 is 14.7 Å². The Morgan fingerprint density at radius 3 is 2.12 bits per heavy atom. The zero-order chi connectivity index (χ0) is 18.8. The quantitative estimate of drug-likeness (QED) is 0.395. The minimum absolute atomic E-state index is 0.115. The van der Waals surface area contributed by atoms with Gasteiger partial charge in [0.05, 0.1) is 11.6 Å². The normalized spacial score (nSPS) is 19.0. The lowest BCUT2D eigenvalue weighted by atomic mass is 9.94. The van der Waals surface area contributed by atoms with Crippen LogP contribution in [0.15, 0.2) is 66.8 Å². The first-order chi connectivity index (χ1) is 12.4. The average Bonchev–Trinajstić information content (AvgIpc) is 2.88. The van der Waals surface area contributed by atoms with Crippen molar-refractivity contribution in [2.75, 3.05) is 6.54 Å². The standard InChI is InChI=1S/C22H21NO3/c1-4-13-23-19(16-9-5-14(2)6-10-16)18(21(25)22(23)26)20(24)17-11-7-15(3)8-12-17/h4-12,19,24H,1,13H2,2-3H3/t19-/m1/s1. The number of Topliss-reactive ketones (excluding diaryl/α,β-unsaturated/α-hetero) is 1. The number of aliphatic hydroxyl groups is 1. The van der Waals surface area contributed by atoms with E-state index in [-0.39, 0.29) is 17.9 Å². The molecule has 0 aromatic heterocycles. The zero-order valence-electron chi connectivity index (χ0n) is 14.9. The summed E-state index contributed by atoms with van der Waals surface area (Å²) in [6.07, 6.45) is 1.58. The number of carbonyl (C=O) groups is 2. The highest BCUT2D eigenvalue weighted by Crippen LogP contribution is 2.39. The lowest BCUT2D eigenvalue weighted by Crippen LogP contribution is -2.29. The fourth-order valence-electron chi connectivity index (χ4n) is 3.17. The minimum Gasteiger partial charge on any atom is -0.507 e.